The molecule has 2 heterocycles. The molecule has 0 unspecified atom stereocenters. The summed E-state index contributed by atoms with van der Waals surface area (Å²) in [5, 5.41) is 5.31. The summed E-state index contributed by atoms with van der Waals surface area (Å²) in [6.07, 6.45) is 5.89. The molecule has 6 nitrogen and oxygen atoms in total. The first-order valence-electron chi connectivity index (χ1n) is 9.82. The highest BCUT2D eigenvalue weighted by Crippen LogP contribution is 2.30. The number of rotatable bonds is 6. The van der Waals surface area contributed by atoms with Crippen LogP contribution in [0, 0.1) is 6.92 Å². The number of pyridine rings is 1. The van der Waals surface area contributed by atoms with Crippen molar-refractivity contribution in [3.05, 3.63) is 63.4 Å². The number of sulfonamides is 1. The van der Waals surface area contributed by atoms with Gasteiger partial charge in [0.1, 0.15) is 10.6 Å². The summed E-state index contributed by atoms with van der Waals surface area (Å²) in [6, 6.07) is 8.72. The van der Waals surface area contributed by atoms with Crippen LogP contribution in [0.4, 0.5) is 0 Å². The molecular weight excluding hydrogens is 443 g/mol. The number of fused-ring (bicyclic) bond motifs is 1. The molecule has 1 aromatic carbocycles. The number of hydrogen-bond acceptors (Lipinski definition) is 4. The van der Waals surface area contributed by atoms with Crippen molar-refractivity contribution in [1.29, 1.82) is 0 Å². The number of aryl methyl sites for hydroxylation is 1. The van der Waals surface area contributed by atoms with E-state index in [1.807, 2.05) is 22.9 Å². The maximum absolute atomic E-state index is 12.7. The first-order chi connectivity index (χ1) is 14.4. The van der Waals surface area contributed by atoms with Crippen LogP contribution in [0.5, 0.6) is 0 Å². The summed E-state index contributed by atoms with van der Waals surface area (Å²) < 4.78 is 30.0. The molecule has 1 aliphatic carbocycles. The Bertz CT molecular complexity index is 1180. The zero-order valence-corrected chi connectivity index (χ0v) is 18.9. The fourth-order valence-corrected chi connectivity index (χ4v) is 5.62. The molecule has 0 atom stereocenters. The second kappa shape index (κ2) is 8.67. The highest BCUT2D eigenvalue weighted by atomic mass is 35.5. The zero-order chi connectivity index (χ0) is 21.3. The summed E-state index contributed by atoms with van der Waals surface area (Å²) in [6.45, 7) is 2.38. The highest BCUT2D eigenvalue weighted by molar-refractivity contribution is 7.89. The van der Waals surface area contributed by atoms with Gasteiger partial charge in [0.25, 0.3) is 0 Å². The molecule has 0 saturated carbocycles. The van der Waals surface area contributed by atoms with Crippen molar-refractivity contribution >= 4 is 33.2 Å². The minimum Gasteiger partial charge on any atom is -0.267 e. The molecule has 0 aliphatic heterocycles. The first-order valence-corrected chi connectivity index (χ1v) is 12.1. The van der Waals surface area contributed by atoms with Gasteiger partial charge in [-0.05, 0) is 62.4 Å². The van der Waals surface area contributed by atoms with Crippen LogP contribution in [0.2, 0.25) is 10.0 Å². The third-order valence-corrected chi connectivity index (χ3v) is 7.62. The molecular formula is C21H22Cl2N4O2S. The number of hydrogen-bond donors (Lipinski definition) is 1. The van der Waals surface area contributed by atoms with Crippen molar-refractivity contribution in [2.45, 2.75) is 44.0 Å². The lowest BCUT2D eigenvalue weighted by atomic mass is 9.95. The van der Waals surface area contributed by atoms with Gasteiger partial charge in [0.2, 0.25) is 10.0 Å². The Morgan fingerprint density at radius 1 is 1.13 bits per heavy atom. The predicted octanol–water partition coefficient (Wildman–Crippen LogP) is 4.42. The van der Waals surface area contributed by atoms with Crippen molar-refractivity contribution in [2.24, 2.45) is 0 Å². The molecule has 0 bridgehead atoms. The Labute approximate surface area is 186 Å². The van der Waals surface area contributed by atoms with E-state index in [1.165, 1.54) is 23.4 Å². The fraction of sp³-hybridized carbons (Fsp3) is 0.333. The van der Waals surface area contributed by atoms with E-state index in [9.17, 15) is 8.42 Å². The third kappa shape index (κ3) is 4.25. The van der Waals surface area contributed by atoms with Gasteiger partial charge < -0.3 is 0 Å². The van der Waals surface area contributed by atoms with Gasteiger partial charge in [0, 0.05) is 29.0 Å². The zero-order valence-electron chi connectivity index (χ0n) is 16.5. The molecule has 158 valence electrons. The van der Waals surface area contributed by atoms with Crippen LogP contribution in [-0.2, 0) is 29.4 Å². The molecule has 2 aromatic heterocycles. The van der Waals surface area contributed by atoms with Crippen molar-refractivity contribution in [3.8, 4) is 11.4 Å². The smallest absolute Gasteiger partial charge is 0.242 e. The Morgan fingerprint density at radius 3 is 2.70 bits per heavy atom. The van der Waals surface area contributed by atoms with Crippen LogP contribution in [0.15, 0.2) is 41.4 Å². The second-order valence-electron chi connectivity index (χ2n) is 7.35. The normalized spacial score (nSPS) is 14.0. The summed E-state index contributed by atoms with van der Waals surface area (Å²) >= 11 is 12.1. The van der Waals surface area contributed by atoms with Crippen LogP contribution in [0.25, 0.3) is 11.4 Å². The van der Waals surface area contributed by atoms with Crippen molar-refractivity contribution in [3.63, 3.8) is 0 Å². The Morgan fingerprint density at radius 2 is 1.93 bits per heavy atom. The van der Waals surface area contributed by atoms with Gasteiger partial charge in [0.05, 0.1) is 17.3 Å². The Kier molecular flexibility index (Phi) is 6.16. The largest absolute Gasteiger partial charge is 0.267 e. The molecule has 1 aliphatic rings. The summed E-state index contributed by atoms with van der Waals surface area (Å²) in [7, 11) is -3.76. The predicted molar refractivity (Wildman–Crippen MR) is 118 cm³/mol. The quantitative estimate of drug-likeness (QED) is 0.585. The monoisotopic (exact) mass is 464 g/mol. The molecule has 4 rings (SSSR count). The van der Waals surface area contributed by atoms with E-state index >= 15 is 0 Å². The van der Waals surface area contributed by atoms with Gasteiger partial charge in [-0.15, -0.1) is 0 Å². The van der Waals surface area contributed by atoms with Gasteiger partial charge >= 0.3 is 0 Å². The van der Waals surface area contributed by atoms with Crippen LogP contribution in [0.3, 0.4) is 0 Å². The van der Waals surface area contributed by atoms with Gasteiger partial charge in [-0.1, -0.05) is 29.3 Å². The molecule has 0 radical (unpaired) electrons. The number of nitrogens with one attached hydrogen (secondary N) is 1. The minimum absolute atomic E-state index is 0.0303. The average Bonchev–Trinajstić information content (AvgIpc) is 3.10. The molecule has 9 heteroatoms. The van der Waals surface area contributed by atoms with Gasteiger partial charge in [-0.3, -0.25) is 9.67 Å². The van der Waals surface area contributed by atoms with Crippen molar-refractivity contribution in [1.82, 2.24) is 19.5 Å². The van der Waals surface area contributed by atoms with E-state index in [4.69, 9.17) is 28.3 Å². The molecule has 0 spiro atoms. The molecule has 0 amide bonds. The second-order valence-corrected chi connectivity index (χ2v) is 9.90. The van der Waals surface area contributed by atoms with E-state index < -0.39 is 10.0 Å². The van der Waals surface area contributed by atoms with Crippen LogP contribution >= 0.6 is 23.2 Å². The van der Waals surface area contributed by atoms with Crippen molar-refractivity contribution < 1.29 is 8.42 Å². The Balaban J connectivity index is 1.55. The van der Waals surface area contributed by atoms with E-state index in [1.54, 1.807) is 13.1 Å². The minimum atomic E-state index is -3.76. The summed E-state index contributed by atoms with van der Waals surface area (Å²) in [5.74, 6) is 0. The van der Waals surface area contributed by atoms with Gasteiger partial charge in [0.15, 0.2) is 0 Å². The maximum atomic E-state index is 12.7. The highest BCUT2D eigenvalue weighted by Gasteiger charge is 2.23. The van der Waals surface area contributed by atoms with Gasteiger partial charge in [-0.2, -0.15) is 5.10 Å². The summed E-state index contributed by atoms with van der Waals surface area (Å²) in [5.41, 5.74) is 4.78. The lowest BCUT2D eigenvalue weighted by Gasteiger charge is -2.15. The van der Waals surface area contributed by atoms with E-state index in [2.05, 4.69) is 9.71 Å². The number of nitrogens with zero attached hydrogens (tertiary/aromatic N) is 3. The number of halogens is 2. The number of aromatic nitrogens is 3. The fourth-order valence-electron chi connectivity index (χ4n) is 3.76. The topological polar surface area (TPSA) is 76.9 Å². The first kappa shape index (κ1) is 21.3. The molecule has 0 fully saturated rings. The third-order valence-electron chi connectivity index (χ3n) is 5.28. The van der Waals surface area contributed by atoms with E-state index in [-0.39, 0.29) is 16.5 Å². The molecule has 0 saturated heterocycles. The Hall–Kier alpha value is -1.93. The SMILES string of the molecule is Cc1cc(S(=O)(=O)NCCn2nc(-c3ccccn3)c3c2CCCC3)c(Cl)cc1Cl. The van der Waals surface area contributed by atoms with E-state index in [0.29, 0.717) is 17.1 Å². The standard InChI is InChI=1S/C21H22Cl2N4O2S/c1-14-12-20(17(23)13-16(14)22)30(28,29)25-10-11-27-19-8-3-2-6-15(19)21(26-27)18-7-4-5-9-24-18/h4-5,7,9,12-13,25H,2-3,6,8,10-11H2,1H3. The van der Waals surface area contributed by atoms with Crippen LogP contribution in [-0.4, -0.2) is 29.7 Å². The van der Waals surface area contributed by atoms with Crippen molar-refractivity contribution in [2.75, 3.05) is 6.54 Å². The molecule has 3 aromatic rings. The maximum Gasteiger partial charge on any atom is 0.242 e. The van der Waals surface area contributed by atoms with Crippen LogP contribution in [0.1, 0.15) is 29.7 Å². The molecule has 30 heavy (non-hydrogen) atoms. The van der Waals surface area contributed by atoms with E-state index in [0.717, 1.165) is 37.1 Å². The lowest BCUT2D eigenvalue weighted by molar-refractivity contribution is 0.538. The molecule has 1 N–H and O–H groups in total. The van der Waals surface area contributed by atoms with Gasteiger partial charge in [-0.25, -0.2) is 13.1 Å². The number of benzene rings is 1. The average molecular weight is 465 g/mol. The van der Waals surface area contributed by atoms with Crippen LogP contribution < -0.4 is 4.72 Å². The lowest BCUT2D eigenvalue weighted by Crippen LogP contribution is -2.28. The summed E-state index contributed by atoms with van der Waals surface area (Å²) in [4.78, 5) is 4.47.